The minimum Gasteiger partial charge on any atom is -0.399 e. The molecule has 0 aromatic carbocycles. The molecule has 4 nitrogen and oxygen atoms in total. The average molecular weight is 367 g/mol. The molecule has 0 spiro atoms. The lowest BCUT2D eigenvalue weighted by molar-refractivity contribution is 0.00578. The van der Waals surface area contributed by atoms with Crippen LogP contribution in [0.5, 0.6) is 0 Å². The van der Waals surface area contributed by atoms with Crippen LogP contribution in [0, 0.1) is 6.92 Å². The van der Waals surface area contributed by atoms with Gasteiger partial charge in [0.15, 0.2) is 0 Å². The molecule has 2 aliphatic heterocycles. The molecule has 0 unspecified atom stereocenters. The highest BCUT2D eigenvalue weighted by molar-refractivity contribution is 9.10. The van der Waals surface area contributed by atoms with E-state index in [0.717, 1.165) is 34.5 Å². The number of hydrogen-bond acceptors (Lipinski definition) is 4. The molecule has 3 heterocycles. The molecular formula is C16H24BBrN2O2. The van der Waals surface area contributed by atoms with Gasteiger partial charge < -0.3 is 14.2 Å². The first-order chi connectivity index (χ1) is 10.2. The van der Waals surface area contributed by atoms with Crippen molar-refractivity contribution in [2.45, 2.75) is 58.7 Å². The van der Waals surface area contributed by atoms with Gasteiger partial charge in [0.05, 0.1) is 15.7 Å². The lowest BCUT2D eigenvalue weighted by Crippen LogP contribution is -2.41. The zero-order valence-corrected chi connectivity index (χ0v) is 15.7. The Hall–Kier alpha value is -0.585. The molecule has 1 aromatic heterocycles. The number of halogens is 1. The Morgan fingerprint density at radius 3 is 2.23 bits per heavy atom. The minimum atomic E-state index is -0.360. The van der Waals surface area contributed by atoms with Gasteiger partial charge in [-0.05, 0) is 69.5 Å². The molecule has 0 atom stereocenters. The van der Waals surface area contributed by atoms with Gasteiger partial charge in [-0.3, -0.25) is 0 Å². The molecule has 0 amide bonds. The van der Waals surface area contributed by atoms with Crippen molar-refractivity contribution in [3.05, 3.63) is 16.2 Å². The van der Waals surface area contributed by atoms with Crippen LogP contribution >= 0.6 is 15.9 Å². The van der Waals surface area contributed by atoms with Gasteiger partial charge in [-0.15, -0.1) is 0 Å². The van der Waals surface area contributed by atoms with Crippen LogP contribution < -0.4 is 10.4 Å². The van der Waals surface area contributed by atoms with Crippen molar-refractivity contribution in [1.29, 1.82) is 0 Å². The third-order valence-electron chi connectivity index (χ3n) is 5.10. The van der Waals surface area contributed by atoms with Crippen molar-refractivity contribution in [2.24, 2.45) is 0 Å². The number of aryl methyl sites for hydroxylation is 1. The van der Waals surface area contributed by atoms with Crippen molar-refractivity contribution >= 4 is 34.3 Å². The number of aromatic nitrogens is 1. The second kappa shape index (κ2) is 5.50. The van der Waals surface area contributed by atoms with E-state index in [0.29, 0.717) is 0 Å². The first kappa shape index (κ1) is 16.3. The van der Waals surface area contributed by atoms with Gasteiger partial charge in [0.2, 0.25) is 0 Å². The Kier molecular flexibility index (Phi) is 4.07. The number of rotatable bonds is 2. The molecule has 0 aliphatic carbocycles. The molecule has 0 bridgehead atoms. The molecule has 120 valence electrons. The smallest absolute Gasteiger partial charge is 0.399 e. The van der Waals surface area contributed by atoms with E-state index in [-0.39, 0.29) is 18.3 Å². The summed E-state index contributed by atoms with van der Waals surface area (Å²) in [6.45, 7) is 12.5. The van der Waals surface area contributed by atoms with Crippen molar-refractivity contribution < 1.29 is 9.31 Å². The number of nitrogens with zero attached hydrogens (tertiary/aromatic N) is 2. The third kappa shape index (κ3) is 2.70. The molecule has 0 radical (unpaired) electrons. The predicted octanol–water partition coefficient (Wildman–Crippen LogP) is 3.05. The molecule has 3 rings (SSSR count). The summed E-state index contributed by atoms with van der Waals surface area (Å²) in [4.78, 5) is 7.15. The van der Waals surface area contributed by atoms with Crippen LogP contribution in [0.1, 0.15) is 46.2 Å². The molecule has 2 saturated heterocycles. The second-order valence-corrected chi connectivity index (χ2v) is 8.11. The van der Waals surface area contributed by atoms with Gasteiger partial charge in [-0.25, -0.2) is 4.98 Å². The summed E-state index contributed by atoms with van der Waals surface area (Å²) in [5, 5.41) is 0. The van der Waals surface area contributed by atoms with Crippen LogP contribution in [0.15, 0.2) is 10.5 Å². The third-order valence-corrected chi connectivity index (χ3v) is 5.68. The highest BCUT2D eigenvalue weighted by atomic mass is 79.9. The van der Waals surface area contributed by atoms with Gasteiger partial charge in [-0.1, -0.05) is 0 Å². The molecule has 6 heteroatoms. The molecule has 2 fully saturated rings. The summed E-state index contributed by atoms with van der Waals surface area (Å²) in [6, 6.07) is 2.11. The topological polar surface area (TPSA) is 34.6 Å². The quantitative estimate of drug-likeness (QED) is 0.753. The highest BCUT2D eigenvalue weighted by Crippen LogP contribution is 2.37. The van der Waals surface area contributed by atoms with E-state index in [1.807, 2.05) is 6.92 Å². The molecule has 2 aliphatic rings. The van der Waals surface area contributed by atoms with Crippen molar-refractivity contribution in [1.82, 2.24) is 4.98 Å². The normalized spacial score (nSPS) is 23.4. The van der Waals surface area contributed by atoms with Gasteiger partial charge >= 0.3 is 7.12 Å². The van der Waals surface area contributed by atoms with Gasteiger partial charge in [0, 0.05) is 24.2 Å². The standard InChI is InChI=1S/C16H24BBrN2O2/c1-11-12(17-21-15(2,3)16(4,5)22-17)10-13(18)14(19-11)20-8-6-7-9-20/h10H,6-9H2,1-5H3. The zero-order chi connectivity index (χ0) is 16.1. The van der Waals surface area contributed by atoms with Crippen LogP contribution in [0.2, 0.25) is 0 Å². The Labute approximate surface area is 141 Å². The molecule has 1 aromatic rings. The molecular weight excluding hydrogens is 343 g/mol. The Balaban J connectivity index is 1.91. The SMILES string of the molecule is Cc1nc(N2CCCC2)c(Br)cc1B1OC(C)(C)C(C)(C)O1. The molecule has 22 heavy (non-hydrogen) atoms. The maximum absolute atomic E-state index is 6.15. The van der Waals surface area contributed by atoms with E-state index in [1.54, 1.807) is 0 Å². The van der Waals surface area contributed by atoms with E-state index in [4.69, 9.17) is 14.3 Å². The van der Waals surface area contributed by atoms with Gasteiger partial charge in [0.25, 0.3) is 0 Å². The number of hydrogen-bond donors (Lipinski definition) is 0. The van der Waals surface area contributed by atoms with Crippen LogP contribution in [0.4, 0.5) is 5.82 Å². The summed E-state index contributed by atoms with van der Waals surface area (Å²) >= 11 is 3.68. The van der Waals surface area contributed by atoms with Gasteiger partial charge in [-0.2, -0.15) is 0 Å². The summed E-state index contributed by atoms with van der Waals surface area (Å²) in [6.07, 6.45) is 2.48. The second-order valence-electron chi connectivity index (χ2n) is 7.25. The first-order valence-electron chi connectivity index (χ1n) is 7.99. The van der Waals surface area contributed by atoms with Crippen LogP contribution in [-0.4, -0.2) is 36.4 Å². The van der Waals surface area contributed by atoms with Gasteiger partial charge in [0.1, 0.15) is 5.82 Å². The van der Waals surface area contributed by atoms with Crippen LogP contribution in [0.3, 0.4) is 0 Å². The zero-order valence-electron chi connectivity index (χ0n) is 14.1. The fourth-order valence-corrected chi connectivity index (χ4v) is 3.53. The van der Waals surface area contributed by atoms with Crippen molar-refractivity contribution in [3.8, 4) is 0 Å². The fraction of sp³-hybridized carbons (Fsp3) is 0.688. The van der Waals surface area contributed by atoms with E-state index >= 15 is 0 Å². The van der Waals surface area contributed by atoms with Crippen LogP contribution in [-0.2, 0) is 9.31 Å². The maximum atomic E-state index is 6.15. The van der Waals surface area contributed by atoms with Crippen LogP contribution in [0.25, 0.3) is 0 Å². The maximum Gasteiger partial charge on any atom is 0.496 e. The van der Waals surface area contributed by atoms with E-state index < -0.39 is 0 Å². The Morgan fingerprint density at radius 1 is 1.14 bits per heavy atom. The van der Waals surface area contributed by atoms with E-state index in [9.17, 15) is 0 Å². The molecule has 0 N–H and O–H groups in total. The number of pyridine rings is 1. The molecule has 0 saturated carbocycles. The summed E-state index contributed by atoms with van der Waals surface area (Å²) < 4.78 is 13.3. The van der Waals surface area contributed by atoms with Crippen molar-refractivity contribution in [3.63, 3.8) is 0 Å². The summed E-state index contributed by atoms with van der Waals surface area (Å²) in [5.41, 5.74) is 1.33. The lowest BCUT2D eigenvalue weighted by Gasteiger charge is -2.32. The van der Waals surface area contributed by atoms with Crippen molar-refractivity contribution in [2.75, 3.05) is 18.0 Å². The Bertz CT molecular complexity index is 570. The monoisotopic (exact) mass is 366 g/mol. The lowest BCUT2D eigenvalue weighted by atomic mass is 9.78. The largest absolute Gasteiger partial charge is 0.496 e. The fourth-order valence-electron chi connectivity index (χ4n) is 2.94. The first-order valence-corrected chi connectivity index (χ1v) is 8.78. The summed E-state index contributed by atoms with van der Waals surface area (Å²) in [7, 11) is -0.360. The minimum absolute atomic E-state index is 0.329. The van der Waals surface area contributed by atoms with E-state index in [2.05, 4.69) is 54.6 Å². The predicted molar refractivity (Wildman–Crippen MR) is 93.8 cm³/mol. The summed E-state index contributed by atoms with van der Waals surface area (Å²) in [5.74, 6) is 1.04. The Morgan fingerprint density at radius 2 is 1.68 bits per heavy atom. The average Bonchev–Trinajstić information content (AvgIpc) is 2.99. The highest BCUT2D eigenvalue weighted by Gasteiger charge is 2.52. The number of anilines is 1. The van der Waals surface area contributed by atoms with E-state index in [1.165, 1.54) is 12.8 Å².